The Labute approximate surface area is 115 Å². The largest absolute Gasteiger partial charge is 0.343 e. The second kappa shape index (κ2) is 5.81. The average Bonchev–Trinajstić information content (AvgIpc) is 2.85. The molecule has 0 saturated heterocycles. The number of hydrazine groups is 1. The van der Waals surface area contributed by atoms with E-state index < -0.39 is 0 Å². The molecule has 0 aliphatic carbocycles. The van der Waals surface area contributed by atoms with Crippen LogP contribution in [0, 0.1) is 6.92 Å². The fraction of sp³-hybridized carbons (Fsp3) is 0.231. The highest BCUT2D eigenvalue weighted by molar-refractivity contribution is 7.12. The van der Waals surface area contributed by atoms with Crippen LogP contribution in [0.15, 0.2) is 30.5 Å². The van der Waals surface area contributed by atoms with E-state index in [1.54, 1.807) is 23.5 Å². The Bertz CT molecular complexity index is 564. The minimum atomic E-state index is -0.192. The maximum Gasteiger partial charge on any atom is 0.270 e. The number of nitrogens with two attached hydrogens (primary N) is 1. The van der Waals surface area contributed by atoms with Crippen LogP contribution in [0.4, 0.5) is 5.69 Å². The molecule has 2 aromatic rings. The zero-order chi connectivity index (χ0) is 13.8. The highest BCUT2D eigenvalue weighted by Gasteiger charge is 2.13. The first-order valence-corrected chi connectivity index (χ1v) is 6.71. The van der Waals surface area contributed by atoms with Crippen LogP contribution in [0.5, 0.6) is 0 Å². The lowest BCUT2D eigenvalue weighted by Gasteiger charge is -2.11. The van der Waals surface area contributed by atoms with Crippen molar-refractivity contribution in [1.29, 1.82) is 0 Å². The van der Waals surface area contributed by atoms with Gasteiger partial charge in [-0.05, 0) is 38.1 Å². The van der Waals surface area contributed by atoms with E-state index in [4.69, 9.17) is 5.84 Å². The lowest BCUT2D eigenvalue weighted by atomic mass is 10.2. The number of nitrogens with one attached hydrogen (secondary N) is 2. The summed E-state index contributed by atoms with van der Waals surface area (Å²) in [5, 5.41) is 2.92. The number of hydrogen-bond donors (Lipinski definition) is 3. The number of nitrogens with zero attached hydrogens (tertiary/aromatic N) is 1. The minimum absolute atomic E-state index is 0.0275. The normalized spacial score (nSPS) is 11.9. The zero-order valence-electron chi connectivity index (χ0n) is 10.8. The fourth-order valence-corrected chi connectivity index (χ4v) is 2.52. The molecular formula is C13H16N4OS. The van der Waals surface area contributed by atoms with Gasteiger partial charge in [0, 0.05) is 9.75 Å². The number of aryl methyl sites for hydroxylation is 1. The van der Waals surface area contributed by atoms with Crippen molar-refractivity contribution in [2.24, 2.45) is 5.84 Å². The van der Waals surface area contributed by atoms with Gasteiger partial charge in [0.2, 0.25) is 0 Å². The van der Waals surface area contributed by atoms with E-state index in [-0.39, 0.29) is 11.9 Å². The molecule has 0 radical (unpaired) electrons. The predicted octanol–water partition coefficient (Wildman–Crippen LogP) is 2.23. The van der Waals surface area contributed by atoms with E-state index in [0.29, 0.717) is 11.4 Å². The Balaban J connectivity index is 2.03. The van der Waals surface area contributed by atoms with Crippen LogP contribution >= 0.6 is 11.3 Å². The first kappa shape index (κ1) is 13.5. The fourth-order valence-electron chi connectivity index (χ4n) is 1.64. The molecular weight excluding hydrogens is 260 g/mol. The summed E-state index contributed by atoms with van der Waals surface area (Å²) in [6, 6.07) is 7.39. The molecule has 0 aliphatic rings. The molecule has 0 fully saturated rings. The smallest absolute Gasteiger partial charge is 0.270 e. The van der Waals surface area contributed by atoms with Crippen molar-refractivity contribution in [2.75, 3.05) is 5.43 Å². The Morgan fingerprint density at radius 2 is 2.16 bits per heavy atom. The van der Waals surface area contributed by atoms with Crippen molar-refractivity contribution >= 4 is 22.9 Å². The molecule has 2 heterocycles. The molecule has 0 aromatic carbocycles. The minimum Gasteiger partial charge on any atom is -0.343 e. The van der Waals surface area contributed by atoms with Crippen molar-refractivity contribution < 1.29 is 4.79 Å². The number of nitrogen functional groups attached to an aromatic ring is 1. The zero-order valence-corrected chi connectivity index (χ0v) is 11.6. The van der Waals surface area contributed by atoms with Crippen LogP contribution in [0.3, 0.4) is 0 Å². The van der Waals surface area contributed by atoms with E-state index in [9.17, 15) is 4.79 Å². The van der Waals surface area contributed by atoms with Crippen LogP contribution < -0.4 is 16.6 Å². The van der Waals surface area contributed by atoms with Gasteiger partial charge in [-0.15, -0.1) is 11.3 Å². The van der Waals surface area contributed by atoms with Crippen LogP contribution in [0.1, 0.15) is 33.2 Å². The molecule has 2 aromatic heterocycles. The number of carbonyl (C=O) groups is 1. The third-order valence-corrected chi connectivity index (χ3v) is 3.88. The van der Waals surface area contributed by atoms with Gasteiger partial charge in [0.15, 0.2) is 0 Å². The standard InChI is InChI=1S/C13H16N4OS/c1-8-3-6-12(19-8)9(2)16-13(18)11-5-4-10(17-14)7-15-11/h3-7,9,17H,14H2,1-2H3,(H,16,18). The van der Waals surface area contributed by atoms with Crippen LogP contribution in [0.25, 0.3) is 0 Å². The molecule has 4 N–H and O–H groups in total. The highest BCUT2D eigenvalue weighted by atomic mass is 32.1. The van der Waals surface area contributed by atoms with Gasteiger partial charge in [0.1, 0.15) is 5.69 Å². The number of thiophene rings is 1. The summed E-state index contributed by atoms with van der Waals surface area (Å²) in [6.07, 6.45) is 1.52. The third kappa shape index (κ3) is 3.30. The highest BCUT2D eigenvalue weighted by Crippen LogP contribution is 2.22. The van der Waals surface area contributed by atoms with Crippen LogP contribution in [0.2, 0.25) is 0 Å². The van der Waals surface area contributed by atoms with Gasteiger partial charge in [-0.3, -0.25) is 10.6 Å². The van der Waals surface area contributed by atoms with Gasteiger partial charge >= 0.3 is 0 Å². The molecule has 1 atom stereocenters. The predicted molar refractivity (Wildman–Crippen MR) is 77.0 cm³/mol. The van der Waals surface area contributed by atoms with E-state index >= 15 is 0 Å². The summed E-state index contributed by atoms with van der Waals surface area (Å²) in [4.78, 5) is 18.4. The van der Waals surface area contributed by atoms with Gasteiger partial charge in [-0.25, -0.2) is 4.98 Å². The molecule has 0 spiro atoms. The second-order valence-corrected chi connectivity index (χ2v) is 5.54. The molecule has 1 amide bonds. The molecule has 0 aliphatic heterocycles. The van der Waals surface area contributed by atoms with Gasteiger partial charge in [0.25, 0.3) is 5.91 Å². The topological polar surface area (TPSA) is 80.0 Å². The maximum absolute atomic E-state index is 12.0. The molecule has 0 saturated carbocycles. The van der Waals surface area contributed by atoms with E-state index in [1.807, 2.05) is 26.0 Å². The first-order valence-electron chi connectivity index (χ1n) is 5.90. The van der Waals surface area contributed by atoms with Crippen molar-refractivity contribution in [1.82, 2.24) is 10.3 Å². The number of hydrogen-bond acceptors (Lipinski definition) is 5. The molecule has 100 valence electrons. The lowest BCUT2D eigenvalue weighted by Crippen LogP contribution is -2.26. The van der Waals surface area contributed by atoms with Crippen molar-refractivity contribution in [2.45, 2.75) is 19.9 Å². The Morgan fingerprint density at radius 3 is 2.68 bits per heavy atom. The molecule has 1 unspecified atom stereocenters. The summed E-state index contributed by atoms with van der Waals surface area (Å²) < 4.78 is 0. The number of amides is 1. The number of pyridine rings is 1. The van der Waals surface area contributed by atoms with E-state index in [2.05, 4.69) is 15.7 Å². The van der Waals surface area contributed by atoms with Crippen molar-refractivity contribution in [3.8, 4) is 0 Å². The average molecular weight is 276 g/mol. The third-order valence-electron chi connectivity index (χ3n) is 2.70. The molecule has 5 nitrogen and oxygen atoms in total. The quantitative estimate of drug-likeness (QED) is 0.591. The molecule has 19 heavy (non-hydrogen) atoms. The maximum atomic E-state index is 12.0. The Kier molecular flexibility index (Phi) is 4.13. The van der Waals surface area contributed by atoms with Crippen LogP contribution in [-0.4, -0.2) is 10.9 Å². The van der Waals surface area contributed by atoms with Gasteiger partial charge in [0.05, 0.1) is 17.9 Å². The lowest BCUT2D eigenvalue weighted by molar-refractivity contribution is 0.0935. The summed E-state index contributed by atoms with van der Waals surface area (Å²) >= 11 is 1.68. The summed E-state index contributed by atoms with van der Waals surface area (Å²) in [5.41, 5.74) is 3.51. The van der Waals surface area contributed by atoms with E-state index in [0.717, 1.165) is 4.88 Å². The monoisotopic (exact) mass is 276 g/mol. The van der Waals surface area contributed by atoms with Crippen LogP contribution in [-0.2, 0) is 0 Å². The van der Waals surface area contributed by atoms with Gasteiger partial charge in [-0.1, -0.05) is 0 Å². The summed E-state index contributed by atoms with van der Waals surface area (Å²) in [7, 11) is 0. The SMILES string of the molecule is Cc1ccc(C(C)NC(=O)c2ccc(NN)cn2)s1. The summed E-state index contributed by atoms with van der Waals surface area (Å²) in [6.45, 7) is 4.00. The Hall–Kier alpha value is -1.92. The number of carbonyl (C=O) groups excluding carboxylic acids is 1. The second-order valence-electron chi connectivity index (χ2n) is 4.22. The van der Waals surface area contributed by atoms with Crippen molar-refractivity contribution in [3.63, 3.8) is 0 Å². The number of rotatable bonds is 4. The van der Waals surface area contributed by atoms with E-state index in [1.165, 1.54) is 11.1 Å². The Morgan fingerprint density at radius 1 is 1.37 bits per heavy atom. The molecule has 2 rings (SSSR count). The number of aromatic nitrogens is 1. The molecule has 6 heteroatoms. The van der Waals surface area contributed by atoms with Gasteiger partial charge < -0.3 is 10.7 Å². The van der Waals surface area contributed by atoms with Gasteiger partial charge in [-0.2, -0.15) is 0 Å². The summed E-state index contributed by atoms with van der Waals surface area (Å²) in [5.74, 6) is 5.05. The van der Waals surface area contributed by atoms with Crippen molar-refractivity contribution in [3.05, 3.63) is 45.9 Å². The number of anilines is 1. The first-order chi connectivity index (χ1) is 9.10. The molecule has 0 bridgehead atoms.